The van der Waals surface area contributed by atoms with E-state index in [0.717, 1.165) is 30.7 Å². The smallest absolute Gasteiger partial charge is 0.223 e. The minimum atomic E-state index is 0. The fraction of sp³-hybridized carbons (Fsp3) is 0.500. The number of nitrogens with two attached hydrogens (primary N) is 1. The maximum atomic E-state index is 11.5. The van der Waals surface area contributed by atoms with Crippen molar-refractivity contribution in [3.05, 3.63) is 18.2 Å². The molecule has 132 valence electrons. The van der Waals surface area contributed by atoms with Gasteiger partial charge in [-0.2, -0.15) is 0 Å². The summed E-state index contributed by atoms with van der Waals surface area (Å²) in [6, 6.07) is 5.56. The zero-order valence-corrected chi connectivity index (χ0v) is 15.7. The summed E-state index contributed by atoms with van der Waals surface area (Å²) >= 11 is 0. The van der Waals surface area contributed by atoms with Crippen molar-refractivity contribution in [3.8, 4) is 11.5 Å². The molecule has 0 atom stereocenters. The highest BCUT2D eigenvalue weighted by atomic mass is 127. The van der Waals surface area contributed by atoms with Crippen LogP contribution < -0.4 is 25.8 Å². The minimum Gasteiger partial charge on any atom is -0.490 e. The van der Waals surface area contributed by atoms with Crippen LogP contribution >= 0.6 is 24.0 Å². The number of anilines is 1. The van der Waals surface area contributed by atoms with E-state index in [9.17, 15) is 4.79 Å². The first kappa shape index (κ1) is 18.6. The molecule has 7 nitrogen and oxygen atoms in total. The number of halogens is 1. The summed E-state index contributed by atoms with van der Waals surface area (Å²) in [6.45, 7) is 2.25. The Balaban J connectivity index is 0.00000208. The molecule has 1 heterocycles. The van der Waals surface area contributed by atoms with E-state index in [-0.39, 0.29) is 35.8 Å². The third kappa shape index (κ3) is 5.43. The van der Waals surface area contributed by atoms with Crippen molar-refractivity contribution >= 4 is 41.5 Å². The second-order valence-electron chi connectivity index (χ2n) is 5.67. The molecule has 0 unspecified atom stereocenters. The van der Waals surface area contributed by atoms with Gasteiger partial charge in [-0.3, -0.25) is 9.79 Å². The molecule has 0 radical (unpaired) electrons. The quantitative estimate of drug-likeness (QED) is 0.277. The first-order valence-electron chi connectivity index (χ1n) is 7.96. The van der Waals surface area contributed by atoms with Crippen LogP contribution in [-0.4, -0.2) is 38.2 Å². The number of aliphatic imine (C=N–C) groups is 1. The number of rotatable bonds is 5. The molecule has 1 aliphatic carbocycles. The molecule has 1 aromatic carbocycles. The number of nitrogens with zero attached hydrogens (tertiary/aromatic N) is 1. The largest absolute Gasteiger partial charge is 0.490 e. The Morgan fingerprint density at radius 2 is 2.00 bits per heavy atom. The third-order valence-electron chi connectivity index (χ3n) is 3.66. The molecule has 0 saturated heterocycles. The number of nitrogens with one attached hydrogen (secondary N) is 2. The Kier molecular flexibility index (Phi) is 6.95. The highest BCUT2D eigenvalue weighted by Crippen LogP contribution is 2.32. The van der Waals surface area contributed by atoms with Crippen molar-refractivity contribution in [3.63, 3.8) is 0 Å². The van der Waals surface area contributed by atoms with Gasteiger partial charge < -0.3 is 25.8 Å². The maximum Gasteiger partial charge on any atom is 0.223 e. The fourth-order valence-electron chi connectivity index (χ4n) is 2.27. The van der Waals surface area contributed by atoms with Crippen LogP contribution in [0.4, 0.5) is 5.69 Å². The van der Waals surface area contributed by atoms with E-state index in [2.05, 4.69) is 15.6 Å². The third-order valence-corrected chi connectivity index (χ3v) is 3.66. The molecule has 2 aliphatic rings. The van der Waals surface area contributed by atoms with Crippen molar-refractivity contribution in [1.29, 1.82) is 0 Å². The van der Waals surface area contributed by atoms with E-state index in [4.69, 9.17) is 15.2 Å². The van der Waals surface area contributed by atoms with Crippen molar-refractivity contribution < 1.29 is 14.3 Å². The van der Waals surface area contributed by atoms with Gasteiger partial charge in [0, 0.05) is 30.6 Å². The molecule has 0 aromatic heterocycles. The van der Waals surface area contributed by atoms with Gasteiger partial charge in [0.2, 0.25) is 5.91 Å². The van der Waals surface area contributed by atoms with Gasteiger partial charge in [0.1, 0.15) is 0 Å². The topological polar surface area (TPSA) is 98.0 Å². The molecular weight excluding hydrogens is 423 g/mol. The second-order valence-corrected chi connectivity index (χ2v) is 5.67. The first-order valence-corrected chi connectivity index (χ1v) is 7.96. The number of benzene rings is 1. The van der Waals surface area contributed by atoms with Crippen molar-refractivity contribution in [1.82, 2.24) is 5.32 Å². The fourth-order valence-corrected chi connectivity index (χ4v) is 2.27. The van der Waals surface area contributed by atoms with Gasteiger partial charge in [-0.25, -0.2) is 0 Å². The highest BCUT2D eigenvalue weighted by molar-refractivity contribution is 14.0. The van der Waals surface area contributed by atoms with Gasteiger partial charge in [-0.1, -0.05) is 0 Å². The minimum absolute atomic E-state index is 0. The van der Waals surface area contributed by atoms with E-state index in [0.29, 0.717) is 38.0 Å². The van der Waals surface area contributed by atoms with Crippen LogP contribution in [0.1, 0.15) is 19.3 Å². The van der Waals surface area contributed by atoms with Crippen LogP contribution in [0.15, 0.2) is 23.2 Å². The Morgan fingerprint density at radius 1 is 1.25 bits per heavy atom. The van der Waals surface area contributed by atoms with Gasteiger partial charge in [0.25, 0.3) is 0 Å². The molecule has 1 amide bonds. The molecular formula is C16H23IN4O3. The Hall–Kier alpha value is -1.71. The average molecular weight is 446 g/mol. The summed E-state index contributed by atoms with van der Waals surface area (Å²) in [5.41, 5.74) is 6.65. The standard InChI is InChI=1S/C16H22N4O3.HI/c17-16(19-7-6-18-15(21)11-2-3-11)20-12-4-5-13-14(10-12)23-9-1-8-22-13;/h4-5,10-11H,1-3,6-9H2,(H,18,21)(H3,17,19,20);1H. The number of amides is 1. The van der Waals surface area contributed by atoms with Crippen molar-refractivity contribution in [2.75, 3.05) is 31.6 Å². The van der Waals surface area contributed by atoms with Crippen molar-refractivity contribution in [2.45, 2.75) is 19.3 Å². The lowest BCUT2D eigenvalue weighted by atomic mass is 10.3. The lowest BCUT2D eigenvalue weighted by Gasteiger charge is -2.10. The van der Waals surface area contributed by atoms with Gasteiger partial charge in [0.15, 0.2) is 17.5 Å². The molecule has 4 N–H and O–H groups in total. The highest BCUT2D eigenvalue weighted by Gasteiger charge is 2.28. The van der Waals surface area contributed by atoms with Crippen LogP contribution in [0.5, 0.6) is 11.5 Å². The van der Waals surface area contributed by atoms with E-state index in [1.165, 1.54) is 0 Å². The van der Waals surface area contributed by atoms with Gasteiger partial charge in [0.05, 0.1) is 19.8 Å². The van der Waals surface area contributed by atoms with E-state index < -0.39 is 0 Å². The molecule has 1 saturated carbocycles. The zero-order chi connectivity index (χ0) is 16.1. The normalized spacial score (nSPS) is 16.6. The number of fused-ring (bicyclic) bond motifs is 1. The number of ether oxygens (including phenoxy) is 2. The predicted octanol–water partition coefficient (Wildman–Crippen LogP) is 1.72. The summed E-state index contributed by atoms with van der Waals surface area (Å²) in [5.74, 6) is 2.09. The molecule has 0 spiro atoms. The number of carbonyl (C=O) groups excluding carboxylic acids is 1. The number of guanidine groups is 1. The molecule has 1 aliphatic heterocycles. The monoisotopic (exact) mass is 446 g/mol. The molecule has 3 rings (SSSR count). The lowest BCUT2D eigenvalue weighted by molar-refractivity contribution is -0.122. The van der Waals surface area contributed by atoms with Crippen LogP contribution in [0.3, 0.4) is 0 Å². The number of carbonyl (C=O) groups is 1. The summed E-state index contributed by atoms with van der Waals surface area (Å²) in [6.07, 6.45) is 2.87. The van der Waals surface area contributed by atoms with E-state index in [1.807, 2.05) is 18.2 Å². The molecule has 1 aromatic rings. The summed E-state index contributed by atoms with van der Waals surface area (Å²) in [5, 5.41) is 5.86. The molecule has 0 bridgehead atoms. The Bertz CT molecular complexity index is 605. The summed E-state index contributed by atoms with van der Waals surface area (Å²) in [7, 11) is 0. The van der Waals surface area contributed by atoms with E-state index in [1.54, 1.807) is 0 Å². The van der Waals surface area contributed by atoms with E-state index >= 15 is 0 Å². The van der Waals surface area contributed by atoms with Crippen LogP contribution in [0.2, 0.25) is 0 Å². The molecule has 8 heteroatoms. The average Bonchev–Trinajstić information content (AvgIpc) is 3.37. The molecule has 24 heavy (non-hydrogen) atoms. The Labute approximate surface area is 158 Å². The zero-order valence-electron chi connectivity index (χ0n) is 13.4. The summed E-state index contributed by atoms with van der Waals surface area (Å²) in [4.78, 5) is 15.7. The first-order chi connectivity index (χ1) is 11.2. The number of hydrogen-bond acceptors (Lipinski definition) is 4. The predicted molar refractivity (Wildman–Crippen MR) is 103 cm³/mol. The van der Waals surface area contributed by atoms with Gasteiger partial charge >= 0.3 is 0 Å². The SMILES string of the molecule is I.NC(=NCCNC(=O)C1CC1)Nc1ccc2c(c1)OCCCO2. The van der Waals surface area contributed by atoms with Gasteiger partial charge in [-0.05, 0) is 25.0 Å². The van der Waals surface area contributed by atoms with Crippen LogP contribution in [-0.2, 0) is 4.79 Å². The van der Waals surface area contributed by atoms with Crippen LogP contribution in [0, 0.1) is 5.92 Å². The van der Waals surface area contributed by atoms with Gasteiger partial charge in [-0.15, -0.1) is 24.0 Å². The lowest BCUT2D eigenvalue weighted by Crippen LogP contribution is -2.29. The summed E-state index contributed by atoms with van der Waals surface area (Å²) < 4.78 is 11.2. The molecule has 1 fully saturated rings. The number of hydrogen-bond donors (Lipinski definition) is 3. The maximum absolute atomic E-state index is 11.5. The second kappa shape index (κ2) is 8.95. The van der Waals surface area contributed by atoms with Crippen LogP contribution in [0.25, 0.3) is 0 Å². The van der Waals surface area contributed by atoms with Crippen molar-refractivity contribution in [2.24, 2.45) is 16.6 Å². The Morgan fingerprint density at radius 3 is 2.75 bits per heavy atom.